The summed E-state index contributed by atoms with van der Waals surface area (Å²) in [4.78, 5) is 17.0. The maximum absolute atomic E-state index is 16.7. The quantitative estimate of drug-likeness (QED) is 0.203. The predicted octanol–water partition coefficient (Wildman–Crippen LogP) is 6.18. The first-order valence-corrected chi connectivity index (χ1v) is 15.6. The fraction of sp³-hybridized carbons (Fsp3) is 0.485. The van der Waals surface area contributed by atoms with Crippen molar-refractivity contribution in [2.75, 3.05) is 37.7 Å². The molecule has 4 atom stereocenters. The molecule has 0 spiro atoms. The number of hydrogen-bond donors (Lipinski definition) is 1. The van der Waals surface area contributed by atoms with Crippen molar-refractivity contribution < 1.29 is 26.7 Å². The summed E-state index contributed by atoms with van der Waals surface area (Å²) < 4.78 is 83.3. The molecule has 4 fully saturated rings. The van der Waals surface area contributed by atoms with Crippen molar-refractivity contribution in [3.05, 3.63) is 53.7 Å². The second-order valence-electron chi connectivity index (χ2n) is 13.1. The zero-order valence-electron chi connectivity index (χ0n) is 24.9. The fourth-order valence-electron chi connectivity index (χ4n) is 8.11. The molecule has 2 aromatic heterocycles. The average molecular weight is 625 g/mol. The number of alkyl halides is 3. The number of rotatable bonds is 6. The molecule has 2 aromatic carbocycles. The van der Waals surface area contributed by atoms with E-state index in [1.54, 1.807) is 18.2 Å². The number of nitrogens with zero attached hydrogens (tertiary/aromatic N) is 5. The third kappa shape index (κ3) is 4.62. The van der Waals surface area contributed by atoms with Crippen LogP contribution in [0.2, 0.25) is 0 Å². The minimum Gasteiger partial charge on any atom is -0.461 e. The molecule has 8 rings (SSSR count). The highest BCUT2D eigenvalue weighted by molar-refractivity contribution is 6.00. The van der Waals surface area contributed by atoms with E-state index in [9.17, 15) is 8.78 Å². The summed E-state index contributed by atoms with van der Waals surface area (Å²) in [6, 6.07) is 8.15. The molecule has 4 saturated heterocycles. The van der Waals surface area contributed by atoms with E-state index in [-0.39, 0.29) is 61.0 Å². The van der Waals surface area contributed by atoms with Crippen molar-refractivity contribution in [3.63, 3.8) is 0 Å². The van der Waals surface area contributed by atoms with Crippen LogP contribution < -0.4 is 15.0 Å². The lowest BCUT2D eigenvalue weighted by molar-refractivity contribution is 0.0435. The Kier molecular flexibility index (Phi) is 6.52. The molecule has 6 heterocycles. The first kappa shape index (κ1) is 28.8. The average Bonchev–Trinajstić information content (AvgIpc) is 3.61. The van der Waals surface area contributed by atoms with Gasteiger partial charge < -0.3 is 9.64 Å². The number of aromatic nitrogens is 3. The molecular weight excluding hydrogens is 591 g/mol. The molecule has 45 heavy (non-hydrogen) atoms. The van der Waals surface area contributed by atoms with Crippen LogP contribution in [0.4, 0.5) is 27.8 Å². The lowest BCUT2D eigenvalue weighted by Crippen LogP contribution is -2.62. The lowest BCUT2D eigenvalue weighted by atomic mass is 9.95. The van der Waals surface area contributed by atoms with Crippen molar-refractivity contribution in [1.82, 2.24) is 25.2 Å². The van der Waals surface area contributed by atoms with Gasteiger partial charge in [-0.05, 0) is 48.2 Å². The predicted molar refractivity (Wildman–Crippen MR) is 160 cm³/mol. The first-order chi connectivity index (χ1) is 21.6. The Morgan fingerprint density at radius 3 is 2.62 bits per heavy atom. The van der Waals surface area contributed by atoms with Gasteiger partial charge in [0.05, 0.1) is 24.0 Å². The number of aryl methyl sites for hydroxylation is 1. The molecule has 7 nitrogen and oxygen atoms in total. The summed E-state index contributed by atoms with van der Waals surface area (Å²) in [6.45, 7) is 2.61. The Balaban J connectivity index is 1.27. The second kappa shape index (κ2) is 10.2. The normalized spacial score (nSPS) is 29.6. The summed E-state index contributed by atoms with van der Waals surface area (Å²) in [5.41, 5.74) is 0.164. The van der Waals surface area contributed by atoms with Gasteiger partial charge in [-0.15, -0.1) is 0 Å². The van der Waals surface area contributed by atoms with Gasteiger partial charge in [-0.2, -0.15) is 9.97 Å². The van der Waals surface area contributed by atoms with E-state index in [4.69, 9.17) is 4.74 Å². The molecule has 4 aromatic rings. The number of fused-ring (bicyclic) bond motifs is 5. The van der Waals surface area contributed by atoms with Gasteiger partial charge in [0.25, 0.3) is 0 Å². The Morgan fingerprint density at radius 1 is 1.04 bits per heavy atom. The number of piperazine rings is 1. The van der Waals surface area contributed by atoms with Crippen LogP contribution in [0.3, 0.4) is 0 Å². The molecule has 0 unspecified atom stereocenters. The summed E-state index contributed by atoms with van der Waals surface area (Å²) in [5.74, 6) is -5.04. The van der Waals surface area contributed by atoms with Gasteiger partial charge in [0.1, 0.15) is 35.6 Å². The SMILES string of the molecule is CCc1c(F)ccc2cccc(-c3ncc4c(N5C[C@]6(F)CC[C@](F)(C5)N6)nc(OC[C@@]56CCCN5C[C@H](F)C6)nc4c3F)c12. The molecule has 0 radical (unpaired) electrons. The summed E-state index contributed by atoms with van der Waals surface area (Å²) in [5, 5.41) is 3.92. The number of nitrogens with one attached hydrogen (secondary N) is 1. The van der Waals surface area contributed by atoms with Gasteiger partial charge >= 0.3 is 6.01 Å². The van der Waals surface area contributed by atoms with Crippen LogP contribution in [-0.2, 0) is 6.42 Å². The molecule has 0 aliphatic carbocycles. The Hall–Kier alpha value is -3.64. The van der Waals surface area contributed by atoms with E-state index in [1.807, 2.05) is 13.0 Å². The summed E-state index contributed by atoms with van der Waals surface area (Å²) >= 11 is 0. The van der Waals surface area contributed by atoms with Crippen molar-refractivity contribution in [2.24, 2.45) is 0 Å². The molecule has 236 valence electrons. The van der Waals surface area contributed by atoms with Gasteiger partial charge in [0.2, 0.25) is 0 Å². The van der Waals surface area contributed by atoms with Gasteiger partial charge in [0.15, 0.2) is 17.4 Å². The van der Waals surface area contributed by atoms with Crippen LogP contribution in [0, 0.1) is 11.6 Å². The third-order valence-electron chi connectivity index (χ3n) is 10.1. The van der Waals surface area contributed by atoms with Crippen LogP contribution in [-0.4, -0.2) is 75.9 Å². The highest BCUT2D eigenvalue weighted by Crippen LogP contribution is 2.44. The number of benzene rings is 2. The summed E-state index contributed by atoms with van der Waals surface area (Å²) in [6.07, 6.45) is 2.78. The van der Waals surface area contributed by atoms with E-state index < -0.39 is 34.9 Å². The molecule has 4 aliphatic rings. The molecule has 12 heteroatoms. The third-order valence-corrected chi connectivity index (χ3v) is 10.1. The maximum atomic E-state index is 16.7. The Bertz CT molecular complexity index is 1830. The topological polar surface area (TPSA) is 66.4 Å². The minimum absolute atomic E-state index is 0.0106. The number of halogens is 5. The molecule has 1 N–H and O–H groups in total. The Labute approximate surface area is 256 Å². The van der Waals surface area contributed by atoms with Crippen molar-refractivity contribution in [2.45, 2.75) is 68.7 Å². The van der Waals surface area contributed by atoms with Crippen molar-refractivity contribution in [1.29, 1.82) is 0 Å². The highest BCUT2D eigenvalue weighted by Gasteiger charge is 2.55. The molecule has 0 amide bonds. The fourth-order valence-corrected chi connectivity index (χ4v) is 8.11. The molecular formula is C33H33F5N6O. The first-order valence-electron chi connectivity index (χ1n) is 15.6. The smallest absolute Gasteiger partial charge is 0.319 e. The maximum Gasteiger partial charge on any atom is 0.319 e. The number of ether oxygens (including phenoxy) is 1. The van der Waals surface area contributed by atoms with Crippen LogP contribution in [0.5, 0.6) is 6.01 Å². The van der Waals surface area contributed by atoms with Crippen molar-refractivity contribution in [3.8, 4) is 17.3 Å². The number of hydrogen-bond acceptors (Lipinski definition) is 7. The van der Waals surface area contributed by atoms with E-state index in [0.29, 0.717) is 35.9 Å². The number of pyridine rings is 1. The largest absolute Gasteiger partial charge is 0.461 e. The van der Waals surface area contributed by atoms with E-state index in [2.05, 4.69) is 25.2 Å². The van der Waals surface area contributed by atoms with Gasteiger partial charge in [0, 0.05) is 37.6 Å². The zero-order chi connectivity index (χ0) is 31.1. The van der Waals surface area contributed by atoms with E-state index >= 15 is 13.2 Å². The van der Waals surface area contributed by atoms with Gasteiger partial charge in [-0.3, -0.25) is 9.88 Å². The van der Waals surface area contributed by atoms with Crippen LogP contribution in [0.1, 0.15) is 44.6 Å². The summed E-state index contributed by atoms with van der Waals surface area (Å²) in [7, 11) is 0. The molecule has 4 aliphatic heterocycles. The molecule has 0 saturated carbocycles. The lowest BCUT2D eigenvalue weighted by Gasteiger charge is -2.40. The standard InChI is InChI=1S/C33H33F5N6O/c1-2-21-24(35)8-7-19-5-3-6-22(25(19)21)27-26(36)28-23(14-39-27)29(43-16-32(37)10-11-33(38,17-43)42-32)41-30(40-28)45-18-31-9-4-12-44(31)15-20(34)13-31/h3,5-8,14,20,42H,2,4,9-13,15-18H2,1H3/t20-,31+,32-,33+/m1/s1. The van der Waals surface area contributed by atoms with Crippen LogP contribution >= 0.6 is 0 Å². The second-order valence-corrected chi connectivity index (χ2v) is 13.1. The van der Waals surface area contributed by atoms with E-state index in [1.165, 1.54) is 17.2 Å². The monoisotopic (exact) mass is 624 g/mol. The van der Waals surface area contributed by atoms with Gasteiger partial charge in [-0.25, -0.2) is 27.3 Å². The highest BCUT2D eigenvalue weighted by atomic mass is 19.2. The van der Waals surface area contributed by atoms with Crippen LogP contribution in [0.15, 0.2) is 36.5 Å². The Morgan fingerprint density at radius 2 is 1.84 bits per heavy atom. The van der Waals surface area contributed by atoms with Gasteiger partial charge in [-0.1, -0.05) is 31.2 Å². The van der Waals surface area contributed by atoms with Crippen LogP contribution in [0.25, 0.3) is 32.9 Å². The van der Waals surface area contributed by atoms with E-state index in [0.717, 1.165) is 24.8 Å². The van der Waals surface area contributed by atoms with Crippen molar-refractivity contribution >= 4 is 27.5 Å². The molecule has 2 bridgehead atoms. The zero-order valence-corrected chi connectivity index (χ0v) is 24.9. The number of anilines is 1. The minimum atomic E-state index is -1.98.